The summed E-state index contributed by atoms with van der Waals surface area (Å²) in [5, 5.41) is 12.3. The van der Waals surface area contributed by atoms with E-state index < -0.39 is 0 Å². The highest BCUT2D eigenvalue weighted by atomic mass is 16.7. The normalized spacial score (nSPS) is 16.1. The van der Waals surface area contributed by atoms with E-state index in [2.05, 4.69) is 5.32 Å². The molecule has 1 saturated heterocycles. The first kappa shape index (κ1) is 18.2. The monoisotopic (exact) mass is 382 g/mol. The second kappa shape index (κ2) is 7.80. The molecule has 2 heterocycles. The molecule has 0 spiro atoms. The molecule has 2 aliphatic rings. The quantitative estimate of drug-likeness (QED) is 0.794. The lowest BCUT2D eigenvalue weighted by atomic mass is 9.89. The number of nitrogens with zero attached hydrogens (tertiary/aromatic N) is 1. The lowest BCUT2D eigenvalue weighted by Gasteiger charge is -2.31. The van der Waals surface area contributed by atoms with Crippen LogP contribution in [-0.2, 0) is 6.54 Å². The van der Waals surface area contributed by atoms with E-state index >= 15 is 0 Å². The van der Waals surface area contributed by atoms with E-state index in [0.717, 1.165) is 11.3 Å². The number of rotatable bonds is 4. The van der Waals surface area contributed by atoms with Crippen LogP contribution in [0.1, 0.15) is 28.8 Å². The van der Waals surface area contributed by atoms with E-state index in [9.17, 15) is 14.7 Å². The molecule has 0 atom stereocenters. The van der Waals surface area contributed by atoms with Crippen molar-refractivity contribution in [2.75, 3.05) is 19.9 Å². The molecule has 146 valence electrons. The maximum absolute atomic E-state index is 12.6. The molecule has 2 aliphatic heterocycles. The number of urea groups is 1. The van der Waals surface area contributed by atoms with Crippen molar-refractivity contribution in [3.05, 3.63) is 53.6 Å². The van der Waals surface area contributed by atoms with Crippen molar-refractivity contribution in [2.24, 2.45) is 5.92 Å². The second-order valence-electron chi connectivity index (χ2n) is 7.02. The molecule has 0 aromatic heterocycles. The molecule has 2 amide bonds. The summed E-state index contributed by atoms with van der Waals surface area (Å²) in [6.45, 7) is 1.72. The van der Waals surface area contributed by atoms with E-state index in [1.807, 2.05) is 18.2 Å². The zero-order valence-electron chi connectivity index (χ0n) is 15.4. The van der Waals surface area contributed by atoms with E-state index in [0.29, 0.717) is 43.8 Å². The summed E-state index contributed by atoms with van der Waals surface area (Å²) in [5.74, 6) is 1.53. The number of nitrogens with one attached hydrogen (secondary N) is 1. The minimum Gasteiger partial charge on any atom is -0.508 e. The summed E-state index contributed by atoms with van der Waals surface area (Å²) in [4.78, 5) is 26.7. The molecule has 0 unspecified atom stereocenters. The third-order valence-electron chi connectivity index (χ3n) is 5.19. The maximum Gasteiger partial charge on any atom is 0.317 e. The fourth-order valence-electron chi connectivity index (χ4n) is 3.55. The number of ketones is 1. The minimum absolute atomic E-state index is 0.0698. The summed E-state index contributed by atoms with van der Waals surface area (Å²) in [6.07, 6.45) is 1.27. The van der Waals surface area contributed by atoms with Gasteiger partial charge in [0.25, 0.3) is 0 Å². The van der Waals surface area contributed by atoms with Gasteiger partial charge in [0.15, 0.2) is 17.3 Å². The number of hydrogen-bond donors (Lipinski definition) is 2. The summed E-state index contributed by atoms with van der Waals surface area (Å²) in [7, 11) is 0. The Hall–Kier alpha value is -3.22. The average Bonchev–Trinajstić information content (AvgIpc) is 3.20. The van der Waals surface area contributed by atoms with Crippen molar-refractivity contribution >= 4 is 11.8 Å². The number of Topliss-reactive ketones (excluding diaryl/α,β-unsaturated/α-hetero) is 1. The predicted octanol–water partition coefficient (Wildman–Crippen LogP) is 2.93. The highest BCUT2D eigenvalue weighted by Gasteiger charge is 2.28. The first-order chi connectivity index (χ1) is 13.6. The number of phenolic OH excluding ortho intramolecular Hbond substituents is 1. The number of ether oxygens (including phenoxy) is 2. The molecule has 28 heavy (non-hydrogen) atoms. The molecule has 0 bridgehead atoms. The smallest absolute Gasteiger partial charge is 0.317 e. The maximum atomic E-state index is 12.6. The van der Waals surface area contributed by atoms with Crippen LogP contribution < -0.4 is 14.8 Å². The summed E-state index contributed by atoms with van der Waals surface area (Å²) in [6, 6.07) is 11.8. The van der Waals surface area contributed by atoms with Gasteiger partial charge >= 0.3 is 6.03 Å². The molecule has 2 N–H and O–H groups in total. The highest BCUT2D eigenvalue weighted by molar-refractivity contribution is 5.98. The molecule has 7 heteroatoms. The van der Waals surface area contributed by atoms with E-state index in [1.54, 1.807) is 17.0 Å². The summed E-state index contributed by atoms with van der Waals surface area (Å²) in [5.41, 5.74) is 1.54. The molecule has 1 fully saturated rings. The molecule has 0 aliphatic carbocycles. The number of amides is 2. The van der Waals surface area contributed by atoms with Gasteiger partial charge in [0.2, 0.25) is 6.79 Å². The van der Waals surface area contributed by atoms with Crippen molar-refractivity contribution in [2.45, 2.75) is 19.4 Å². The van der Waals surface area contributed by atoms with Crippen LogP contribution in [0.5, 0.6) is 17.2 Å². The third-order valence-corrected chi connectivity index (χ3v) is 5.19. The van der Waals surface area contributed by atoms with Crippen molar-refractivity contribution in [3.63, 3.8) is 0 Å². The number of carbonyl (C=O) groups excluding carboxylic acids is 2. The molecule has 0 radical (unpaired) electrons. The standard InChI is InChI=1S/C21H22N2O5/c24-17-4-2-15(3-5-17)20(25)16-7-9-23(10-8-16)21(26)22-12-14-1-6-18-19(11-14)28-13-27-18/h1-6,11,16,24H,7-10,12-13H2,(H,22,26). The van der Waals surface area contributed by atoms with Crippen LogP contribution in [0.2, 0.25) is 0 Å². The first-order valence-corrected chi connectivity index (χ1v) is 9.35. The van der Waals surface area contributed by atoms with Gasteiger partial charge in [-0.15, -0.1) is 0 Å². The van der Waals surface area contributed by atoms with Gasteiger partial charge in [0.05, 0.1) is 0 Å². The molecular weight excluding hydrogens is 360 g/mol. The van der Waals surface area contributed by atoms with Gasteiger partial charge in [-0.2, -0.15) is 0 Å². The van der Waals surface area contributed by atoms with Gasteiger partial charge in [0, 0.05) is 31.1 Å². The number of carbonyl (C=O) groups is 2. The largest absolute Gasteiger partial charge is 0.508 e. The van der Waals surface area contributed by atoms with Crippen LogP contribution in [-0.4, -0.2) is 41.7 Å². The lowest BCUT2D eigenvalue weighted by Crippen LogP contribution is -2.45. The van der Waals surface area contributed by atoms with E-state index in [4.69, 9.17) is 9.47 Å². The van der Waals surface area contributed by atoms with Crippen LogP contribution in [0.25, 0.3) is 0 Å². The molecule has 2 aromatic rings. The van der Waals surface area contributed by atoms with Crippen molar-refractivity contribution in [1.82, 2.24) is 10.2 Å². The van der Waals surface area contributed by atoms with Crippen molar-refractivity contribution in [3.8, 4) is 17.2 Å². The van der Waals surface area contributed by atoms with Crippen LogP contribution in [0.3, 0.4) is 0 Å². The first-order valence-electron chi connectivity index (χ1n) is 9.35. The summed E-state index contributed by atoms with van der Waals surface area (Å²) < 4.78 is 10.6. The Morgan fingerprint density at radius 2 is 1.75 bits per heavy atom. The molecule has 0 saturated carbocycles. The molecule has 4 rings (SSSR count). The Morgan fingerprint density at radius 3 is 2.50 bits per heavy atom. The number of piperidine rings is 1. The van der Waals surface area contributed by atoms with Gasteiger partial charge in [-0.05, 0) is 54.8 Å². The Labute approximate surface area is 162 Å². The zero-order valence-corrected chi connectivity index (χ0v) is 15.4. The zero-order chi connectivity index (χ0) is 19.5. The number of fused-ring (bicyclic) bond motifs is 1. The van der Waals surface area contributed by atoms with Gasteiger partial charge in [-0.25, -0.2) is 4.79 Å². The molecular formula is C21H22N2O5. The highest BCUT2D eigenvalue weighted by Crippen LogP contribution is 2.32. The van der Waals surface area contributed by atoms with Crippen LogP contribution >= 0.6 is 0 Å². The SMILES string of the molecule is O=C(c1ccc(O)cc1)C1CCN(C(=O)NCc2ccc3c(c2)OCO3)CC1. The fraction of sp³-hybridized carbons (Fsp3) is 0.333. The number of benzene rings is 2. The Bertz CT molecular complexity index is 873. The third kappa shape index (κ3) is 3.88. The van der Waals surface area contributed by atoms with Crippen molar-refractivity contribution in [1.29, 1.82) is 0 Å². The summed E-state index contributed by atoms with van der Waals surface area (Å²) >= 11 is 0. The van der Waals surface area contributed by atoms with Crippen molar-refractivity contribution < 1.29 is 24.2 Å². The molecule has 2 aromatic carbocycles. The number of hydrogen-bond acceptors (Lipinski definition) is 5. The Kier molecular flexibility index (Phi) is 5.06. The Balaban J connectivity index is 1.27. The Morgan fingerprint density at radius 1 is 1.04 bits per heavy atom. The number of aromatic hydroxyl groups is 1. The van der Waals surface area contributed by atoms with E-state index in [-0.39, 0.29) is 30.3 Å². The van der Waals surface area contributed by atoms with Crippen LogP contribution in [0, 0.1) is 5.92 Å². The van der Waals surface area contributed by atoms with Gasteiger partial charge in [-0.1, -0.05) is 6.07 Å². The fourth-order valence-corrected chi connectivity index (χ4v) is 3.55. The van der Waals surface area contributed by atoms with Gasteiger partial charge < -0.3 is 24.8 Å². The second-order valence-corrected chi connectivity index (χ2v) is 7.02. The van der Waals surface area contributed by atoms with Crippen LogP contribution in [0.15, 0.2) is 42.5 Å². The molecule has 7 nitrogen and oxygen atoms in total. The van der Waals surface area contributed by atoms with E-state index in [1.165, 1.54) is 12.1 Å². The predicted molar refractivity (Wildman–Crippen MR) is 102 cm³/mol. The topological polar surface area (TPSA) is 88.1 Å². The van der Waals surface area contributed by atoms with Crippen LogP contribution in [0.4, 0.5) is 4.79 Å². The lowest BCUT2D eigenvalue weighted by molar-refractivity contribution is 0.0854. The average molecular weight is 382 g/mol. The number of likely N-dealkylation sites (tertiary alicyclic amines) is 1. The minimum atomic E-state index is -0.131. The number of phenols is 1. The van der Waals surface area contributed by atoms with Gasteiger partial charge in [0.1, 0.15) is 5.75 Å². The van der Waals surface area contributed by atoms with Gasteiger partial charge in [-0.3, -0.25) is 4.79 Å².